The van der Waals surface area contributed by atoms with E-state index in [9.17, 15) is 0 Å². The molecule has 0 radical (unpaired) electrons. The number of aromatic nitrogens is 1. The van der Waals surface area contributed by atoms with E-state index in [1.54, 1.807) is 0 Å². The van der Waals surface area contributed by atoms with Crippen molar-refractivity contribution in [2.75, 3.05) is 6.54 Å². The van der Waals surface area contributed by atoms with E-state index in [4.69, 9.17) is 11.6 Å². The van der Waals surface area contributed by atoms with E-state index < -0.39 is 0 Å². The number of halogens is 2. The van der Waals surface area contributed by atoms with Crippen molar-refractivity contribution in [2.24, 2.45) is 0 Å². The normalized spacial score (nSPS) is 14.6. The molecular formula is C12H14Cl2N2. The average Bonchev–Trinajstić information content (AvgIpc) is 2.64. The summed E-state index contributed by atoms with van der Waals surface area (Å²) in [6.45, 7) is 4.10. The van der Waals surface area contributed by atoms with E-state index in [0.717, 1.165) is 24.5 Å². The molecule has 0 spiro atoms. The Bertz CT molecular complexity index is 531. The van der Waals surface area contributed by atoms with Crippen molar-refractivity contribution in [3.8, 4) is 0 Å². The second kappa shape index (κ2) is 4.28. The highest BCUT2D eigenvalue weighted by molar-refractivity contribution is 6.35. The molecule has 0 fully saturated rings. The third-order valence-electron chi connectivity index (χ3n) is 3.16. The van der Waals surface area contributed by atoms with Gasteiger partial charge in [0.2, 0.25) is 0 Å². The van der Waals surface area contributed by atoms with E-state index in [0.29, 0.717) is 0 Å². The van der Waals surface area contributed by atoms with Crippen LogP contribution >= 0.6 is 24.0 Å². The van der Waals surface area contributed by atoms with Crippen LogP contribution in [0.15, 0.2) is 12.1 Å². The Morgan fingerprint density at radius 2 is 2.12 bits per heavy atom. The standard InChI is InChI=1S/C12H13ClN2.ClH/c1-7-2-3-9(13)11-8-6-14-5-4-10(8)15-12(7)11;/h2-3,14-15H,4-6H2,1H3;1H. The molecule has 1 aromatic carbocycles. The summed E-state index contributed by atoms with van der Waals surface area (Å²) in [5.41, 5.74) is 5.17. The monoisotopic (exact) mass is 256 g/mol. The molecular weight excluding hydrogens is 243 g/mol. The van der Waals surface area contributed by atoms with Crippen LogP contribution in [0, 0.1) is 6.92 Å². The van der Waals surface area contributed by atoms with Gasteiger partial charge >= 0.3 is 0 Å². The number of hydrogen-bond acceptors (Lipinski definition) is 1. The van der Waals surface area contributed by atoms with E-state index in [-0.39, 0.29) is 12.4 Å². The first-order valence-corrected chi connectivity index (χ1v) is 5.64. The number of rotatable bonds is 0. The highest BCUT2D eigenvalue weighted by Gasteiger charge is 2.17. The van der Waals surface area contributed by atoms with Crippen molar-refractivity contribution in [2.45, 2.75) is 19.9 Å². The van der Waals surface area contributed by atoms with Gasteiger partial charge in [-0.2, -0.15) is 0 Å². The molecule has 3 rings (SSSR count). The van der Waals surface area contributed by atoms with Crippen molar-refractivity contribution >= 4 is 34.9 Å². The summed E-state index contributed by atoms with van der Waals surface area (Å²) in [5, 5.41) is 5.45. The lowest BCUT2D eigenvalue weighted by Gasteiger charge is -2.12. The summed E-state index contributed by atoms with van der Waals surface area (Å²) >= 11 is 6.26. The molecule has 0 amide bonds. The molecule has 1 aliphatic heterocycles. The minimum absolute atomic E-state index is 0. The van der Waals surface area contributed by atoms with Gasteiger partial charge in [-0.3, -0.25) is 0 Å². The molecule has 0 saturated heterocycles. The minimum atomic E-state index is 0. The SMILES string of the molecule is Cc1ccc(Cl)c2c3c([nH]c12)CCNC3.Cl. The zero-order chi connectivity index (χ0) is 10.4. The van der Waals surface area contributed by atoms with Crippen LogP contribution in [0.5, 0.6) is 0 Å². The zero-order valence-electron chi connectivity index (χ0n) is 9.06. The van der Waals surface area contributed by atoms with E-state index in [1.165, 1.54) is 27.7 Å². The second-order valence-corrected chi connectivity index (χ2v) is 4.53. The van der Waals surface area contributed by atoms with Gasteiger partial charge in [0.05, 0.1) is 10.5 Å². The van der Waals surface area contributed by atoms with Crippen molar-refractivity contribution in [3.63, 3.8) is 0 Å². The smallest absolute Gasteiger partial charge is 0.0504 e. The first-order chi connectivity index (χ1) is 7.27. The first-order valence-electron chi connectivity index (χ1n) is 5.26. The molecule has 4 heteroatoms. The second-order valence-electron chi connectivity index (χ2n) is 4.12. The van der Waals surface area contributed by atoms with Crippen molar-refractivity contribution < 1.29 is 0 Å². The Kier molecular flexibility index (Phi) is 3.15. The van der Waals surface area contributed by atoms with Gasteiger partial charge in [-0.1, -0.05) is 17.7 Å². The van der Waals surface area contributed by atoms with Gasteiger partial charge in [-0.15, -0.1) is 12.4 Å². The number of fused-ring (bicyclic) bond motifs is 3. The number of H-pyrrole nitrogens is 1. The van der Waals surface area contributed by atoms with Crippen LogP contribution < -0.4 is 5.32 Å². The maximum absolute atomic E-state index is 6.26. The van der Waals surface area contributed by atoms with Crippen LogP contribution in [0.1, 0.15) is 16.8 Å². The fraction of sp³-hybridized carbons (Fsp3) is 0.333. The number of aryl methyl sites for hydroxylation is 1. The summed E-state index contributed by atoms with van der Waals surface area (Å²) in [7, 11) is 0. The summed E-state index contributed by atoms with van der Waals surface area (Å²) < 4.78 is 0. The van der Waals surface area contributed by atoms with Gasteiger partial charge in [0.25, 0.3) is 0 Å². The summed E-state index contributed by atoms with van der Waals surface area (Å²) in [6, 6.07) is 4.06. The zero-order valence-corrected chi connectivity index (χ0v) is 10.6. The molecule has 1 aromatic heterocycles. The van der Waals surface area contributed by atoms with Gasteiger partial charge in [-0.05, 0) is 24.1 Å². The minimum Gasteiger partial charge on any atom is -0.358 e. The van der Waals surface area contributed by atoms with E-state index >= 15 is 0 Å². The summed E-state index contributed by atoms with van der Waals surface area (Å²) in [4.78, 5) is 3.50. The van der Waals surface area contributed by atoms with Crippen LogP contribution in [0.25, 0.3) is 10.9 Å². The lowest BCUT2D eigenvalue weighted by molar-refractivity contribution is 0.641. The molecule has 1 aliphatic rings. The van der Waals surface area contributed by atoms with Gasteiger partial charge < -0.3 is 10.3 Å². The van der Waals surface area contributed by atoms with Gasteiger partial charge in [0.1, 0.15) is 0 Å². The van der Waals surface area contributed by atoms with Crippen molar-refractivity contribution in [3.05, 3.63) is 34.0 Å². The molecule has 0 atom stereocenters. The maximum Gasteiger partial charge on any atom is 0.0504 e. The fourth-order valence-electron chi connectivity index (χ4n) is 2.35. The number of nitrogens with one attached hydrogen (secondary N) is 2. The largest absolute Gasteiger partial charge is 0.358 e. The molecule has 86 valence electrons. The quantitative estimate of drug-likeness (QED) is 0.745. The Morgan fingerprint density at radius 1 is 1.31 bits per heavy atom. The molecule has 16 heavy (non-hydrogen) atoms. The van der Waals surface area contributed by atoms with Gasteiger partial charge in [0.15, 0.2) is 0 Å². The lowest BCUT2D eigenvalue weighted by atomic mass is 10.0. The predicted molar refractivity (Wildman–Crippen MR) is 70.7 cm³/mol. The van der Waals surface area contributed by atoms with E-state index in [1.807, 2.05) is 6.07 Å². The maximum atomic E-state index is 6.26. The molecule has 0 unspecified atom stereocenters. The number of hydrogen-bond donors (Lipinski definition) is 2. The van der Waals surface area contributed by atoms with Crippen LogP contribution in [-0.4, -0.2) is 11.5 Å². The highest BCUT2D eigenvalue weighted by Crippen LogP contribution is 2.32. The molecule has 2 aromatic rings. The molecule has 2 heterocycles. The van der Waals surface area contributed by atoms with Crippen molar-refractivity contribution in [1.82, 2.24) is 10.3 Å². The topological polar surface area (TPSA) is 27.8 Å². The Morgan fingerprint density at radius 3 is 2.94 bits per heavy atom. The Labute approximate surface area is 106 Å². The molecule has 0 saturated carbocycles. The Balaban J connectivity index is 0.000000963. The third kappa shape index (κ3) is 1.61. The van der Waals surface area contributed by atoms with Crippen LogP contribution in [0.2, 0.25) is 5.02 Å². The molecule has 0 bridgehead atoms. The predicted octanol–water partition coefficient (Wildman–Crippen LogP) is 3.20. The molecule has 2 nitrogen and oxygen atoms in total. The average molecular weight is 257 g/mol. The summed E-state index contributed by atoms with van der Waals surface area (Å²) in [5.74, 6) is 0. The first kappa shape index (κ1) is 11.8. The Hall–Kier alpha value is -0.700. The van der Waals surface area contributed by atoms with Crippen LogP contribution in [0.3, 0.4) is 0 Å². The number of aromatic amines is 1. The van der Waals surface area contributed by atoms with Crippen LogP contribution in [0.4, 0.5) is 0 Å². The summed E-state index contributed by atoms with van der Waals surface area (Å²) in [6.07, 6.45) is 1.07. The third-order valence-corrected chi connectivity index (χ3v) is 3.47. The van der Waals surface area contributed by atoms with Crippen molar-refractivity contribution in [1.29, 1.82) is 0 Å². The lowest BCUT2D eigenvalue weighted by Crippen LogP contribution is -2.22. The van der Waals surface area contributed by atoms with Gasteiger partial charge in [0, 0.05) is 30.6 Å². The molecule has 0 aliphatic carbocycles. The highest BCUT2D eigenvalue weighted by atomic mass is 35.5. The molecule has 2 N–H and O–H groups in total. The number of benzene rings is 1. The van der Waals surface area contributed by atoms with E-state index in [2.05, 4.69) is 23.3 Å². The fourth-order valence-corrected chi connectivity index (χ4v) is 2.62. The van der Waals surface area contributed by atoms with Crippen LogP contribution in [-0.2, 0) is 13.0 Å². The van der Waals surface area contributed by atoms with Gasteiger partial charge in [-0.25, -0.2) is 0 Å².